The molecule has 2 saturated heterocycles. The average molecular weight is 454 g/mol. The summed E-state index contributed by atoms with van der Waals surface area (Å²) in [7, 11) is 0. The zero-order valence-electron chi connectivity index (χ0n) is 19.2. The number of para-hydroxylation sites is 1. The van der Waals surface area contributed by atoms with Gasteiger partial charge in [0.1, 0.15) is 5.82 Å². The molecule has 2 aliphatic rings. The lowest BCUT2D eigenvalue weighted by Gasteiger charge is -2.43. The number of piperazine rings is 1. The second-order valence-corrected chi connectivity index (χ2v) is 8.83. The largest absolute Gasteiger partial charge is 0.381 e. The number of carbonyl (C=O) groups excluding carboxylic acids is 2. The maximum absolute atomic E-state index is 14.0. The number of nitrogens with one attached hydrogen (secondary N) is 1. The van der Waals surface area contributed by atoms with Crippen molar-refractivity contribution < 1.29 is 18.7 Å². The Hall–Kier alpha value is -2.77. The molecule has 2 fully saturated rings. The number of benzene rings is 2. The van der Waals surface area contributed by atoms with E-state index >= 15 is 0 Å². The van der Waals surface area contributed by atoms with Crippen LogP contribution in [0.4, 0.5) is 10.1 Å². The third-order valence-electron chi connectivity index (χ3n) is 6.83. The fourth-order valence-electron chi connectivity index (χ4n) is 4.89. The third kappa shape index (κ3) is 5.25. The SMILES string of the molecule is CCc1ccccc1NC(=O)CN1CCN(C(=O)C2(c3cccc(F)c3)CCOCC2)CC1. The van der Waals surface area contributed by atoms with Crippen molar-refractivity contribution >= 4 is 17.5 Å². The molecule has 0 spiro atoms. The molecule has 0 radical (unpaired) electrons. The second-order valence-electron chi connectivity index (χ2n) is 8.83. The summed E-state index contributed by atoms with van der Waals surface area (Å²) in [6.07, 6.45) is 1.96. The van der Waals surface area contributed by atoms with E-state index in [9.17, 15) is 14.0 Å². The van der Waals surface area contributed by atoms with Crippen molar-refractivity contribution in [2.24, 2.45) is 0 Å². The molecule has 0 saturated carbocycles. The van der Waals surface area contributed by atoms with Gasteiger partial charge in [-0.3, -0.25) is 14.5 Å². The molecule has 0 aliphatic carbocycles. The van der Waals surface area contributed by atoms with Crippen LogP contribution >= 0.6 is 0 Å². The van der Waals surface area contributed by atoms with Crippen LogP contribution in [0.5, 0.6) is 0 Å². The van der Waals surface area contributed by atoms with E-state index in [1.165, 1.54) is 12.1 Å². The predicted octanol–water partition coefficient (Wildman–Crippen LogP) is 3.22. The van der Waals surface area contributed by atoms with Crippen molar-refractivity contribution in [2.45, 2.75) is 31.6 Å². The molecule has 2 amide bonds. The van der Waals surface area contributed by atoms with Gasteiger partial charge in [0, 0.05) is 45.1 Å². The summed E-state index contributed by atoms with van der Waals surface area (Å²) in [5.74, 6) is -0.333. The lowest BCUT2D eigenvalue weighted by Crippen LogP contribution is -2.56. The molecule has 0 bridgehead atoms. The Bertz CT molecular complexity index is 982. The number of aryl methyl sites for hydroxylation is 1. The molecule has 176 valence electrons. The first-order valence-corrected chi connectivity index (χ1v) is 11.7. The Labute approximate surface area is 194 Å². The van der Waals surface area contributed by atoms with Gasteiger partial charge >= 0.3 is 0 Å². The highest BCUT2D eigenvalue weighted by Crippen LogP contribution is 2.37. The Morgan fingerprint density at radius 3 is 2.45 bits per heavy atom. The van der Waals surface area contributed by atoms with Crippen LogP contribution in [0.3, 0.4) is 0 Å². The maximum Gasteiger partial charge on any atom is 0.238 e. The Morgan fingerprint density at radius 1 is 1.03 bits per heavy atom. The Morgan fingerprint density at radius 2 is 1.76 bits per heavy atom. The summed E-state index contributed by atoms with van der Waals surface area (Å²) in [6, 6.07) is 14.2. The van der Waals surface area contributed by atoms with E-state index in [0.717, 1.165) is 23.2 Å². The topological polar surface area (TPSA) is 61.9 Å². The standard InChI is InChI=1S/C26H32FN3O3/c1-2-20-6-3-4-9-23(20)28-24(31)19-29-12-14-30(15-13-29)25(32)26(10-16-33-17-11-26)21-7-5-8-22(27)18-21/h3-9,18H,2,10-17,19H2,1H3,(H,28,31). The van der Waals surface area contributed by atoms with Gasteiger partial charge in [0.25, 0.3) is 0 Å². The van der Waals surface area contributed by atoms with Crippen LogP contribution in [0.1, 0.15) is 30.9 Å². The van der Waals surface area contributed by atoms with Crippen LogP contribution in [0.2, 0.25) is 0 Å². The third-order valence-corrected chi connectivity index (χ3v) is 6.83. The first kappa shape index (κ1) is 23.4. The number of hydrogen-bond acceptors (Lipinski definition) is 4. The van der Waals surface area contributed by atoms with Gasteiger partial charge in [-0.1, -0.05) is 37.3 Å². The molecule has 0 atom stereocenters. The van der Waals surface area contributed by atoms with Gasteiger partial charge in [0.05, 0.1) is 12.0 Å². The molecule has 4 rings (SSSR count). The van der Waals surface area contributed by atoms with Crippen molar-refractivity contribution in [2.75, 3.05) is 51.3 Å². The molecular formula is C26H32FN3O3. The van der Waals surface area contributed by atoms with E-state index in [4.69, 9.17) is 4.74 Å². The van der Waals surface area contributed by atoms with Crippen LogP contribution in [-0.4, -0.2) is 67.6 Å². The van der Waals surface area contributed by atoms with E-state index < -0.39 is 5.41 Å². The smallest absolute Gasteiger partial charge is 0.238 e. The molecular weight excluding hydrogens is 421 g/mol. The molecule has 0 unspecified atom stereocenters. The van der Waals surface area contributed by atoms with E-state index in [-0.39, 0.29) is 17.6 Å². The fraction of sp³-hybridized carbons (Fsp3) is 0.462. The number of anilines is 1. The summed E-state index contributed by atoms with van der Waals surface area (Å²) in [5, 5.41) is 3.02. The summed E-state index contributed by atoms with van der Waals surface area (Å²) in [5.41, 5.74) is 1.95. The normalized spacial score (nSPS) is 18.7. The predicted molar refractivity (Wildman–Crippen MR) is 126 cm³/mol. The first-order valence-electron chi connectivity index (χ1n) is 11.7. The van der Waals surface area contributed by atoms with Crippen LogP contribution in [0.25, 0.3) is 0 Å². The van der Waals surface area contributed by atoms with Gasteiger partial charge in [-0.2, -0.15) is 0 Å². The highest BCUT2D eigenvalue weighted by Gasteiger charge is 2.44. The van der Waals surface area contributed by atoms with Crippen LogP contribution in [0, 0.1) is 5.82 Å². The van der Waals surface area contributed by atoms with E-state index in [0.29, 0.717) is 58.8 Å². The minimum atomic E-state index is -0.746. The average Bonchev–Trinajstić information content (AvgIpc) is 2.85. The molecule has 7 heteroatoms. The lowest BCUT2D eigenvalue weighted by molar-refractivity contribution is -0.143. The van der Waals surface area contributed by atoms with Crippen LogP contribution in [-0.2, 0) is 26.2 Å². The fourth-order valence-corrected chi connectivity index (χ4v) is 4.89. The van der Waals surface area contributed by atoms with Crippen molar-refractivity contribution in [3.8, 4) is 0 Å². The van der Waals surface area contributed by atoms with Gasteiger partial charge in [0.15, 0.2) is 0 Å². The number of nitrogens with zero attached hydrogens (tertiary/aromatic N) is 2. The molecule has 1 N–H and O–H groups in total. The summed E-state index contributed by atoms with van der Waals surface area (Å²) in [6.45, 7) is 5.70. The Kier molecular flexibility index (Phi) is 7.40. The van der Waals surface area contributed by atoms with Crippen molar-refractivity contribution in [1.82, 2.24) is 9.80 Å². The molecule has 2 aromatic rings. The number of ether oxygens (including phenoxy) is 1. The maximum atomic E-state index is 14.0. The zero-order chi connectivity index (χ0) is 23.3. The molecule has 0 aromatic heterocycles. The van der Waals surface area contributed by atoms with E-state index in [1.54, 1.807) is 6.07 Å². The number of amides is 2. The summed E-state index contributed by atoms with van der Waals surface area (Å²) >= 11 is 0. The van der Waals surface area contributed by atoms with Gasteiger partial charge in [-0.15, -0.1) is 0 Å². The highest BCUT2D eigenvalue weighted by molar-refractivity contribution is 5.93. The van der Waals surface area contributed by atoms with E-state index in [1.807, 2.05) is 35.2 Å². The molecule has 33 heavy (non-hydrogen) atoms. The monoisotopic (exact) mass is 453 g/mol. The summed E-state index contributed by atoms with van der Waals surface area (Å²) in [4.78, 5) is 30.2. The van der Waals surface area contributed by atoms with Gasteiger partial charge in [-0.25, -0.2) is 4.39 Å². The van der Waals surface area contributed by atoms with Crippen molar-refractivity contribution in [3.05, 3.63) is 65.5 Å². The molecule has 6 nitrogen and oxygen atoms in total. The summed E-state index contributed by atoms with van der Waals surface area (Å²) < 4.78 is 19.5. The lowest BCUT2D eigenvalue weighted by atomic mass is 9.73. The quantitative estimate of drug-likeness (QED) is 0.730. The first-order chi connectivity index (χ1) is 16.0. The molecule has 2 aliphatic heterocycles. The number of rotatable bonds is 6. The number of hydrogen-bond donors (Lipinski definition) is 1. The minimum Gasteiger partial charge on any atom is -0.381 e. The van der Waals surface area contributed by atoms with Crippen molar-refractivity contribution in [1.29, 1.82) is 0 Å². The van der Waals surface area contributed by atoms with Gasteiger partial charge < -0.3 is 15.0 Å². The van der Waals surface area contributed by atoms with Gasteiger partial charge in [-0.05, 0) is 48.6 Å². The van der Waals surface area contributed by atoms with Crippen LogP contribution in [0.15, 0.2) is 48.5 Å². The number of carbonyl (C=O) groups is 2. The van der Waals surface area contributed by atoms with Gasteiger partial charge in [0.2, 0.25) is 11.8 Å². The number of halogens is 1. The second kappa shape index (κ2) is 10.4. The molecule has 2 heterocycles. The van der Waals surface area contributed by atoms with E-state index in [2.05, 4.69) is 17.1 Å². The Balaban J connectivity index is 1.37. The van der Waals surface area contributed by atoms with Crippen molar-refractivity contribution in [3.63, 3.8) is 0 Å². The molecule has 2 aromatic carbocycles. The highest BCUT2D eigenvalue weighted by atomic mass is 19.1. The van der Waals surface area contributed by atoms with Crippen LogP contribution < -0.4 is 5.32 Å². The minimum absolute atomic E-state index is 0.0392. The zero-order valence-corrected chi connectivity index (χ0v) is 19.2.